The number of benzene rings is 2. The maximum atomic E-state index is 6.67. The van der Waals surface area contributed by atoms with E-state index in [1.807, 2.05) is 0 Å². The maximum Gasteiger partial charge on any atom is 0.124 e. The molecule has 0 spiro atoms. The summed E-state index contributed by atoms with van der Waals surface area (Å²) in [6.07, 6.45) is 1.91. The zero-order valence-corrected chi connectivity index (χ0v) is 11.9. The van der Waals surface area contributed by atoms with Crippen LogP contribution in [0.25, 0.3) is 0 Å². The van der Waals surface area contributed by atoms with Crippen molar-refractivity contribution in [1.82, 2.24) is 0 Å². The van der Waals surface area contributed by atoms with Crippen LogP contribution >= 0.6 is 0 Å². The van der Waals surface area contributed by atoms with E-state index < -0.39 is 0 Å². The Bertz CT molecular complexity index is 658. The third-order valence-corrected chi connectivity index (χ3v) is 6.59. The lowest BCUT2D eigenvalue weighted by Crippen LogP contribution is -2.62. The van der Waals surface area contributed by atoms with Gasteiger partial charge in [0.05, 0.1) is 6.10 Å². The van der Waals surface area contributed by atoms with Gasteiger partial charge >= 0.3 is 0 Å². The van der Waals surface area contributed by atoms with Gasteiger partial charge in [0, 0.05) is 5.92 Å². The summed E-state index contributed by atoms with van der Waals surface area (Å²) >= 11 is 0. The summed E-state index contributed by atoms with van der Waals surface area (Å²) in [6, 6.07) is 21.8. The van der Waals surface area contributed by atoms with Crippen LogP contribution in [0.4, 0.5) is 0 Å². The van der Waals surface area contributed by atoms with Gasteiger partial charge < -0.3 is 4.74 Å². The van der Waals surface area contributed by atoms with Gasteiger partial charge in [0.2, 0.25) is 0 Å². The fourth-order valence-corrected chi connectivity index (χ4v) is 5.58. The SMILES string of the molecule is c1ccc(C2(c3ccccc3)O[C@@H]3C4C5C(C[C@@H]32)C54)cc1. The van der Waals surface area contributed by atoms with E-state index in [4.69, 9.17) is 4.74 Å². The fourth-order valence-electron chi connectivity index (χ4n) is 5.58. The van der Waals surface area contributed by atoms with Crippen molar-refractivity contribution >= 4 is 0 Å². The minimum Gasteiger partial charge on any atom is -0.361 e. The first kappa shape index (κ1) is 11.0. The Labute approximate surface area is 124 Å². The van der Waals surface area contributed by atoms with E-state index in [0.717, 1.165) is 23.7 Å². The van der Waals surface area contributed by atoms with E-state index in [1.165, 1.54) is 17.5 Å². The standard InChI is InChI=1S/C20H18O/c1-3-7-12(8-4-1)20(13-9-5-2-6-10-13)15-11-14-16-17(14)18(16)19(15)21-20/h1-10,14-19H,11H2/t14?,15-,16?,17?,18?,19-/m0/s1. The molecule has 4 atom stereocenters. The smallest absolute Gasteiger partial charge is 0.124 e. The van der Waals surface area contributed by atoms with Crippen molar-refractivity contribution in [3.63, 3.8) is 0 Å². The molecule has 0 amide bonds. The summed E-state index contributed by atoms with van der Waals surface area (Å²) in [5.41, 5.74) is 2.51. The van der Waals surface area contributed by atoms with Crippen molar-refractivity contribution in [3.8, 4) is 0 Å². The molecule has 2 unspecified atom stereocenters. The lowest BCUT2D eigenvalue weighted by molar-refractivity contribution is -0.280. The van der Waals surface area contributed by atoms with E-state index in [0.29, 0.717) is 12.0 Å². The van der Waals surface area contributed by atoms with Crippen molar-refractivity contribution in [1.29, 1.82) is 0 Å². The van der Waals surface area contributed by atoms with Gasteiger partial charge in [-0.15, -0.1) is 0 Å². The summed E-state index contributed by atoms with van der Waals surface area (Å²) in [5, 5.41) is 0. The molecular weight excluding hydrogens is 256 g/mol. The molecule has 0 radical (unpaired) electrons. The molecule has 0 N–H and O–H groups in total. The second kappa shape index (κ2) is 3.41. The Morgan fingerprint density at radius 1 is 0.762 bits per heavy atom. The highest BCUT2D eigenvalue weighted by molar-refractivity contribution is 5.44. The molecule has 3 aliphatic carbocycles. The first-order chi connectivity index (χ1) is 10.4. The first-order valence-corrected chi connectivity index (χ1v) is 8.20. The highest BCUT2D eigenvalue weighted by Gasteiger charge is 2.83. The molecule has 0 bridgehead atoms. The van der Waals surface area contributed by atoms with Gasteiger partial charge in [-0.3, -0.25) is 0 Å². The van der Waals surface area contributed by atoms with Gasteiger partial charge in [0.15, 0.2) is 0 Å². The summed E-state index contributed by atoms with van der Waals surface area (Å²) in [7, 11) is 0. The normalized spacial score (nSPS) is 43.2. The molecule has 0 aromatic heterocycles. The van der Waals surface area contributed by atoms with E-state index in [1.54, 1.807) is 0 Å². The molecule has 2 aromatic rings. The monoisotopic (exact) mass is 274 g/mol. The topological polar surface area (TPSA) is 9.23 Å². The zero-order chi connectivity index (χ0) is 13.6. The molecule has 104 valence electrons. The molecule has 3 saturated carbocycles. The van der Waals surface area contributed by atoms with Gasteiger partial charge in [0.1, 0.15) is 5.60 Å². The molecular formula is C20H18O. The van der Waals surface area contributed by atoms with Gasteiger partial charge in [-0.1, -0.05) is 60.7 Å². The lowest BCUT2D eigenvalue weighted by Gasteiger charge is -2.60. The van der Waals surface area contributed by atoms with Crippen molar-refractivity contribution in [2.45, 2.75) is 18.1 Å². The summed E-state index contributed by atoms with van der Waals surface area (Å²) < 4.78 is 6.67. The molecule has 21 heavy (non-hydrogen) atoms. The van der Waals surface area contributed by atoms with Crippen LogP contribution in [-0.4, -0.2) is 6.10 Å². The predicted octanol–water partition coefficient (Wildman–Crippen LogP) is 3.84. The van der Waals surface area contributed by atoms with Crippen LogP contribution in [0.15, 0.2) is 60.7 Å². The zero-order valence-electron chi connectivity index (χ0n) is 11.9. The van der Waals surface area contributed by atoms with Crippen molar-refractivity contribution in [3.05, 3.63) is 71.8 Å². The van der Waals surface area contributed by atoms with Gasteiger partial charge in [-0.25, -0.2) is 0 Å². The summed E-state index contributed by atoms with van der Waals surface area (Å²) in [4.78, 5) is 0. The minimum absolute atomic E-state index is 0.177. The van der Waals surface area contributed by atoms with Crippen molar-refractivity contribution in [2.75, 3.05) is 0 Å². The molecule has 1 heterocycles. The molecule has 4 aliphatic rings. The van der Waals surface area contributed by atoms with Crippen LogP contribution < -0.4 is 0 Å². The third-order valence-electron chi connectivity index (χ3n) is 6.59. The highest BCUT2D eigenvalue weighted by Crippen LogP contribution is 2.84. The number of fused-ring (bicyclic) bond motifs is 4. The van der Waals surface area contributed by atoms with Crippen LogP contribution in [0.5, 0.6) is 0 Å². The predicted molar refractivity (Wildman–Crippen MR) is 80.6 cm³/mol. The number of hydrogen-bond donors (Lipinski definition) is 0. The van der Waals surface area contributed by atoms with Crippen molar-refractivity contribution < 1.29 is 4.74 Å². The second-order valence-electron chi connectivity index (χ2n) is 7.29. The van der Waals surface area contributed by atoms with Crippen LogP contribution in [0.3, 0.4) is 0 Å². The Morgan fingerprint density at radius 2 is 1.33 bits per heavy atom. The summed E-state index contributed by atoms with van der Waals surface area (Å²) in [6.45, 7) is 0. The molecule has 1 nitrogen and oxygen atoms in total. The number of rotatable bonds is 2. The van der Waals surface area contributed by atoms with E-state index in [2.05, 4.69) is 60.7 Å². The average Bonchev–Trinajstić information content (AvgIpc) is 3.42. The molecule has 1 heteroatoms. The van der Waals surface area contributed by atoms with Crippen LogP contribution in [0.2, 0.25) is 0 Å². The molecule has 2 aromatic carbocycles. The largest absolute Gasteiger partial charge is 0.361 e. The third kappa shape index (κ3) is 1.16. The van der Waals surface area contributed by atoms with Gasteiger partial charge in [0.25, 0.3) is 0 Å². The number of hydrogen-bond acceptors (Lipinski definition) is 1. The molecule has 6 rings (SSSR count). The van der Waals surface area contributed by atoms with Crippen LogP contribution in [-0.2, 0) is 10.3 Å². The molecule has 1 aliphatic heterocycles. The number of ether oxygens (including phenoxy) is 1. The summed E-state index contributed by atoms with van der Waals surface area (Å²) in [5.74, 6) is 4.74. The van der Waals surface area contributed by atoms with Crippen LogP contribution in [0, 0.1) is 29.6 Å². The van der Waals surface area contributed by atoms with Gasteiger partial charge in [-0.05, 0) is 41.2 Å². The van der Waals surface area contributed by atoms with E-state index in [-0.39, 0.29) is 5.60 Å². The Morgan fingerprint density at radius 3 is 1.86 bits per heavy atom. The van der Waals surface area contributed by atoms with Crippen molar-refractivity contribution in [2.24, 2.45) is 29.6 Å². The second-order valence-corrected chi connectivity index (χ2v) is 7.29. The molecule has 1 saturated heterocycles. The molecule has 4 fully saturated rings. The fraction of sp³-hybridized carbons (Fsp3) is 0.400. The maximum absolute atomic E-state index is 6.67. The highest BCUT2D eigenvalue weighted by atomic mass is 16.5. The average molecular weight is 274 g/mol. The lowest BCUT2D eigenvalue weighted by atomic mass is 9.60. The quantitative estimate of drug-likeness (QED) is 0.808. The Balaban J connectivity index is 1.50. The van der Waals surface area contributed by atoms with Crippen LogP contribution in [0.1, 0.15) is 17.5 Å². The van der Waals surface area contributed by atoms with E-state index >= 15 is 0 Å². The first-order valence-electron chi connectivity index (χ1n) is 8.20. The van der Waals surface area contributed by atoms with Gasteiger partial charge in [-0.2, -0.15) is 0 Å². The van der Waals surface area contributed by atoms with E-state index in [9.17, 15) is 0 Å². The minimum atomic E-state index is -0.177. The Kier molecular flexibility index (Phi) is 1.79. The Hall–Kier alpha value is -1.60.